The summed E-state index contributed by atoms with van der Waals surface area (Å²) in [7, 11) is 0. The van der Waals surface area contributed by atoms with Crippen LogP contribution in [-0.4, -0.2) is 0 Å². The molecule has 0 aliphatic rings. The fourth-order valence-corrected chi connectivity index (χ4v) is 2.41. The highest BCUT2D eigenvalue weighted by Crippen LogP contribution is 2.33. The molecule has 4 aromatic carbocycles. The summed E-state index contributed by atoms with van der Waals surface area (Å²) in [5.41, 5.74) is 1.44. The van der Waals surface area contributed by atoms with E-state index in [0.717, 1.165) is 5.56 Å². The minimum absolute atomic E-state index is 0.00803. The number of hydrogen-bond donors (Lipinski definition) is 1. The van der Waals surface area contributed by atoms with Crippen LogP contribution < -0.4 is 5.32 Å². The number of hydrogen-bond acceptors (Lipinski definition) is 1. The number of nitrogens with one attached hydrogen (secondary N) is 1. The maximum Gasteiger partial charge on any atom is 0.0652 e. The van der Waals surface area contributed by atoms with Gasteiger partial charge < -0.3 is 5.32 Å². The van der Waals surface area contributed by atoms with E-state index in [-0.39, 0.29) is 33.3 Å². The predicted molar refractivity (Wildman–Crippen MR) is 101 cm³/mol. The van der Waals surface area contributed by atoms with Crippen molar-refractivity contribution in [2.45, 2.75) is 0 Å². The second kappa shape index (κ2) is 5.62. The quantitative estimate of drug-likeness (QED) is 0.433. The summed E-state index contributed by atoms with van der Waals surface area (Å²) >= 11 is 0. The van der Waals surface area contributed by atoms with E-state index in [9.17, 15) is 0 Å². The van der Waals surface area contributed by atoms with Gasteiger partial charge in [-0.2, -0.15) is 0 Å². The van der Waals surface area contributed by atoms with Gasteiger partial charge in [0.15, 0.2) is 0 Å². The molecular weight excluding hydrogens is 278 g/mol. The van der Waals surface area contributed by atoms with Crippen LogP contribution in [0.3, 0.4) is 0 Å². The first-order chi connectivity index (χ1) is 15.1. The Kier molecular flexibility index (Phi) is 1.71. The Morgan fingerprint density at radius 3 is 2.22 bits per heavy atom. The second-order valence-corrected chi connectivity index (χ2v) is 4.95. The Hall–Kier alpha value is -3.06. The van der Waals surface area contributed by atoms with Gasteiger partial charge in [0.05, 0.1) is 12.3 Å². The lowest BCUT2D eigenvalue weighted by Crippen LogP contribution is -1.92. The van der Waals surface area contributed by atoms with E-state index in [1.807, 2.05) is 0 Å². The van der Waals surface area contributed by atoms with Crippen LogP contribution in [-0.2, 0) is 0 Å². The van der Waals surface area contributed by atoms with Crippen LogP contribution in [0.1, 0.15) is 17.9 Å². The summed E-state index contributed by atoms with van der Waals surface area (Å²) in [4.78, 5) is 0. The van der Waals surface area contributed by atoms with Gasteiger partial charge in [0.2, 0.25) is 0 Å². The molecule has 0 saturated heterocycles. The highest BCUT2D eigenvalue weighted by Gasteiger charge is 2.06. The lowest BCUT2D eigenvalue weighted by Gasteiger charge is -2.13. The van der Waals surface area contributed by atoms with E-state index in [4.69, 9.17) is 12.3 Å². The van der Waals surface area contributed by atoms with Crippen LogP contribution in [0.25, 0.3) is 27.6 Å². The van der Waals surface area contributed by atoms with Gasteiger partial charge >= 0.3 is 0 Å². The molecular formula is C22H17N. The molecule has 23 heavy (non-hydrogen) atoms. The molecule has 0 saturated carbocycles. The van der Waals surface area contributed by atoms with Crippen LogP contribution in [0.5, 0.6) is 0 Å². The SMILES string of the molecule is [2H]c1c([2H])c([2H])c2c(c1[2H])c([2H])c(Nc1ccc(C=C)cc1)c1c([2H])c([2H])c([2H])c([2H])c12. The number of anilines is 2. The van der Waals surface area contributed by atoms with Crippen molar-refractivity contribution in [2.75, 3.05) is 5.32 Å². The Labute approximate surface area is 148 Å². The Bertz CT molecular complexity index is 1440. The highest BCUT2D eigenvalue weighted by molar-refractivity contribution is 6.13. The van der Waals surface area contributed by atoms with E-state index in [2.05, 4.69) is 11.9 Å². The lowest BCUT2D eigenvalue weighted by atomic mass is 10.00. The van der Waals surface area contributed by atoms with E-state index in [1.165, 1.54) is 0 Å². The molecule has 0 heterocycles. The minimum atomic E-state index is -0.531. The summed E-state index contributed by atoms with van der Waals surface area (Å²) in [5.74, 6) is 0. The Morgan fingerprint density at radius 2 is 1.48 bits per heavy atom. The van der Waals surface area contributed by atoms with Crippen LogP contribution in [0.15, 0.2) is 85.2 Å². The van der Waals surface area contributed by atoms with Crippen molar-refractivity contribution in [3.05, 3.63) is 90.8 Å². The number of fused-ring (bicyclic) bond motifs is 3. The van der Waals surface area contributed by atoms with Gasteiger partial charge in [0.1, 0.15) is 0 Å². The molecule has 0 atom stereocenters. The van der Waals surface area contributed by atoms with Crippen LogP contribution in [0.4, 0.5) is 11.4 Å². The maximum absolute atomic E-state index is 8.77. The summed E-state index contributed by atoms with van der Waals surface area (Å²) in [6.07, 6.45) is 1.66. The minimum Gasteiger partial charge on any atom is -0.355 e. The first kappa shape index (κ1) is 7.01. The number of benzene rings is 4. The van der Waals surface area contributed by atoms with Gasteiger partial charge in [0, 0.05) is 16.8 Å². The second-order valence-electron chi connectivity index (χ2n) is 4.95. The zero-order valence-electron chi connectivity index (χ0n) is 21.1. The van der Waals surface area contributed by atoms with Crippen molar-refractivity contribution >= 4 is 39.0 Å². The molecule has 1 heteroatoms. The van der Waals surface area contributed by atoms with Crippen molar-refractivity contribution in [1.29, 1.82) is 0 Å². The molecule has 4 aromatic rings. The van der Waals surface area contributed by atoms with Gasteiger partial charge in [-0.05, 0) is 39.9 Å². The van der Waals surface area contributed by atoms with Gasteiger partial charge in [-0.1, -0.05) is 73.1 Å². The monoisotopic (exact) mass is 304 g/mol. The maximum atomic E-state index is 8.77. The number of rotatable bonds is 3. The average molecular weight is 304 g/mol. The van der Waals surface area contributed by atoms with Crippen LogP contribution >= 0.6 is 0 Å². The molecule has 0 amide bonds. The van der Waals surface area contributed by atoms with E-state index < -0.39 is 48.3 Å². The smallest absolute Gasteiger partial charge is 0.0652 e. The molecule has 0 radical (unpaired) electrons. The predicted octanol–water partition coefficient (Wildman–Crippen LogP) is 6.38. The fourth-order valence-electron chi connectivity index (χ4n) is 2.41. The lowest BCUT2D eigenvalue weighted by molar-refractivity contribution is 1.57. The van der Waals surface area contributed by atoms with Gasteiger partial charge in [-0.15, -0.1) is 0 Å². The summed E-state index contributed by atoms with van der Waals surface area (Å²) in [6, 6.07) is 2.95. The molecule has 110 valence electrons. The van der Waals surface area contributed by atoms with E-state index in [0.29, 0.717) is 5.69 Å². The summed E-state index contributed by atoms with van der Waals surface area (Å²) in [6.45, 7) is 3.70. The molecule has 1 N–H and O–H groups in total. The van der Waals surface area contributed by atoms with Crippen molar-refractivity contribution in [1.82, 2.24) is 0 Å². The van der Waals surface area contributed by atoms with Gasteiger partial charge in [-0.3, -0.25) is 0 Å². The first-order valence-corrected chi connectivity index (χ1v) is 7.02. The summed E-state index contributed by atoms with van der Waals surface area (Å²) in [5, 5.41) is 2.75. The normalized spacial score (nSPS) is 16.3. The topological polar surface area (TPSA) is 12.0 Å². The third-order valence-corrected chi connectivity index (χ3v) is 3.54. The van der Waals surface area contributed by atoms with Crippen LogP contribution in [0, 0.1) is 0 Å². The average Bonchev–Trinajstić information content (AvgIpc) is 2.79. The van der Waals surface area contributed by atoms with Crippen molar-refractivity contribution < 1.29 is 12.3 Å². The first-order valence-electron chi connectivity index (χ1n) is 11.5. The van der Waals surface area contributed by atoms with Crippen molar-refractivity contribution in [3.63, 3.8) is 0 Å². The fraction of sp³-hybridized carbons (Fsp3) is 0. The van der Waals surface area contributed by atoms with Gasteiger partial charge in [-0.25, -0.2) is 0 Å². The van der Waals surface area contributed by atoms with Crippen molar-refractivity contribution in [2.24, 2.45) is 0 Å². The molecule has 0 spiro atoms. The van der Waals surface area contributed by atoms with Crippen LogP contribution in [0.2, 0.25) is 0 Å². The largest absolute Gasteiger partial charge is 0.355 e. The summed E-state index contributed by atoms with van der Waals surface area (Å²) < 4.78 is 74.7. The zero-order chi connectivity index (χ0) is 23.5. The third-order valence-electron chi connectivity index (χ3n) is 3.54. The Morgan fingerprint density at radius 1 is 0.826 bits per heavy atom. The van der Waals surface area contributed by atoms with E-state index in [1.54, 1.807) is 30.3 Å². The molecule has 0 bridgehead atoms. The zero-order valence-corrected chi connectivity index (χ0v) is 12.1. The molecule has 0 unspecified atom stereocenters. The molecule has 0 aliphatic heterocycles. The standard InChI is InChI=1S/C22H17N/c1-2-16-11-13-18(14-12-16)23-22-15-17-7-3-4-8-19(17)20-9-5-6-10-21(20)22/h2-15,23H,1H2/i3D,4D,5D,6D,7D,8D,9D,10D,15D. The molecule has 0 aromatic heterocycles. The van der Waals surface area contributed by atoms with E-state index >= 15 is 0 Å². The molecule has 4 rings (SSSR count). The molecule has 0 fully saturated rings. The molecule has 1 nitrogen and oxygen atoms in total. The Balaban J connectivity index is 2.24. The highest BCUT2D eigenvalue weighted by atomic mass is 14.9. The third kappa shape index (κ3) is 2.47. The van der Waals surface area contributed by atoms with Gasteiger partial charge in [0.25, 0.3) is 0 Å². The van der Waals surface area contributed by atoms with Crippen molar-refractivity contribution in [3.8, 4) is 0 Å². The molecule has 0 aliphatic carbocycles.